The van der Waals surface area contributed by atoms with Gasteiger partial charge in [-0.15, -0.1) is 0 Å². The number of anilines is 3. The quantitative estimate of drug-likeness (QED) is 0.502. The minimum atomic E-state index is -0.211. The summed E-state index contributed by atoms with van der Waals surface area (Å²) >= 11 is 0. The number of likely N-dealkylation sites (tertiary alicyclic amines) is 1. The summed E-state index contributed by atoms with van der Waals surface area (Å²) in [5, 5.41) is 16.7. The highest BCUT2D eigenvalue weighted by Crippen LogP contribution is 2.32. The summed E-state index contributed by atoms with van der Waals surface area (Å²) in [6.45, 7) is 4.91. The molecule has 1 aliphatic carbocycles. The van der Waals surface area contributed by atoms with E-state index in [0.29, 0.717) is 36.0 Å². The van der Waals surface area contributed by atoms with E-state index in [4.69, 9.17) is 17.8 Å². The van der Waals surface area contributed by atoms with Crippen molar-refractivity contribution in [3.63, 3.8) is 0 Å². The Labute approximate surface area is 200 Å². The van der Waals surface area contributed by atoms with Gasteiger partial charge in [0.1, 0.15) is 13.4 Å². The molecule has 176 valence electrons. The van der Waals surface area contributed by atoms with E-state index < -0.39 is 0 Å². The van der Waals surface area contributed by atoms with Crippen LogP contribution < -0.4 is 16.1 Å². The number of aliphatic hydroxyl groups is 1. The highest BCUT2D eigenvalue weighted by atomic mass is 16.3. The lowest BCUT2D eigenvalue weighted by Gasteiger charge is -2.26. The van der Waals surface area contributed by atoms with E-state index in [-0.39, 0.29) is 24.1 Å². The van der Waals surface area contributed by atoms with Crippen LogP contribution in [-0.2, 0) is 4.79 Å². The van der Waals surface area contributed by atoms with Crippen molar-refractivity contribution in [2.24, 2.45) is 0 Å². The van der Waals surface area contributed by atoms with E-state index in [1.165, 1.54) is 0 Å². The van der Waals surface area contributed by atoms with Gasteiger partial charge in [0, 0.05) is 31.7 Å². The molecule has 1 unspecified atom stereocenters. The van der Waals surface area contributed by atoms with Gasteiger partial charge >= 0.3 is 0 Å². The maximum Gasteiger partial charge on any atom is 0.224 e. The second kappa shape index (κ2) is 9.25. The van der Waals surface area contributed by atoms with Crippen LogP contribution in [-0.4, -0.2) is 68.5 Å². The smallest absolute Gasteiger partial charge is 0.224 e. The minimum absolute atomic E-state index is 0.0363. The number of amides is 1. The zero-order chi connectivity index (χ0) is 23.8. The summed E-state index contributed by atoms with van der Waals surface area (Å²) in [4.78, 5) is 28.0. The Hall–Kier alpha value is -3.14. The SMILES string of the molecule is [B]c1cccc(C)c1Nc1nc2cnc(NC3CCC(O)CC3)nc2n1C1CCN(C(C)=O)C1. The van der Waals surface area contributed by atoms with Gasteiger partial charge in [0.15, 0.2) is 5.65 Å². The monoisotopic (exact) mass is 459 g/mol. The van der Waals surface area contributed by atoms with Crippen molar-refractivity contribution < 1.29 is 9.90 Å². The summed E-state index contributed by atoms with van der Waals surface area (Å²) in [6, 6.07) is 6.06. The molecule has 2 aliphatic rings. The van der Waals surface area contributed by atoms with Crippen LogP contribution in [0.4, 0.5) is 17.6 Å². The Kier molecular flexibility index (Phi) is 6.16. The Balaban J connectivity index is 1.52. The molecule has 5 rings (SSSR count). The number of rotatable bonds is 5. The number of carbonyl (C=O) groups is 1. The standard InChI is InChI=1S/C24H30BN7O2/c1-14-4-3-5-19(25)21(14)29-24-28-20-12-26-23(27-16-6-8-18(34)9-7-16)30-22(20)32(24)17-10-11-31(13-17)15(2)33/h3-5,12,16-18,34H,6-11,13H2,1-2H3,(H,28,29)(H,26,27,30). The minimum Gasteiger partial charge on any atom is -0.393 e. The molecule has 1 atom stereocenters. The van der Waals surface area contributed by atoms with Gasteiger partial charge in [0.25, 0.3) is 0 Å². The molecule has 3 aromatic rings. The summed E-state index contributed by atoms with van der Waals surface area (Å²) in [6.07, 6.45) is 5.69. The maximum absolute atomic E-state index is 12.0. The molecule has 3 N–H and O–H groups in total. The van der Waals surface area contributed by atoms with E-state index >= 15 is 0 Å². The molecule has 10 heteroatoms. The number of hydrogen-bond donors (Lipinski definition) is 3. The molecule has 1 aromatic carbocycles. The fraction of sp³-hybridized carbons (Fsp3) is 0.500. The Morgan fingerprint density at radius 1 is 1.18 bits per heavy atom. The van der Waals surface area contributed by atoms with Gasteiger partial charge in [-0.25, -0.2) is 9.97 Å². The first kappa shape index (κ1) is 22.6. The zero-order valence-corrected chi connectivity index (χ0v) is 19.7. The number of nitrogens with zero attached hydrogens (tertiary/aromatic N) is 5. The summed E-state index contributed by atoms with van der Waals surface area (Å²) in [5.41, 5.74) is 3.87. The van der Waals surface area contributed by atoms with Crippen LogP contribution in [0.5, 0.6) is 0 Å². The Morgan fingerprint density at radius 2 is 1.97 bits per heavy atom. The third-order valence-corrected chi connectivity index (χ3v) is 6.98. The topological polar surface area (TPSA) is 108 Å². The lowest BCUT2D eigenvalue weighted by Crippen LogP contribution is -2.29. The van der Waals surface area contributed by atoms with Crippen molar-refractivity contribution in [2.75, 3.05) is 23.7 Å². The molecule has 1 saturated heterocycles. The average molecular weight is 459 g/mol. The van der Waals surface area contributed by atoms with Crippen LogP contribution in [0.1, 0.15) is 50.6 Å². The van der Waals surface area contributed by atoms with Crippen LogP contribution in [0, 0.1) is 6.92 Å². The maximum atomic E-state index is 12.0. The molecule has 0 bridgehead atoms. The second-order valence-corrected chi connectivity index (χ2v) is 9.43. The fourth-order valence-electron chi connectivity index (χ4n) is 5.01. The highest BCUT2D eigenvalue weighted by Gasteiger charge is 2.30. The number of aryl methyl sites for hydroxylation is 1. The molecule has 34 heavy (non-hydrogen) atoms. The highest BCUT2D eigenvalue weighted by molar-refractivity contribution is 6.36. The predicted octanol–water partition coefficient (Wildman–Crippen LogP) is 2.18. The van der Waals surface area contributed by atoms with E-state index in [0.717, 1.165) is 49.0 Å². The first-order valence-corrected chi connectivity index (χ1v) is 12.0. The van der Waals surface area contributed by atoms with Crippen LogP contribution in [0.15, 0.2) is 24.4 Å². The molecule has 2 fully saturated rings. The van der Waals surface area contributed by atoms with Gasteiger partial charge in [0.05, 0.1) is 18.3 Å². The largest absolute Gasteiger partial charge is 0.393 e. The van der Waals surface area contributed by atoms with E-state index in [2.05, 4.69) is 20.2 Å². The first-order valence-electron chi connectivity index (χ1n) is 12.0. The Bertz CT molecular complexity index is 1190. The third-order valence-electron chi connectivity index (χ3n) is 6.98. The number of para-hydroxylation sites is 1. The number of benzene rings is 1. The number of fused-ring (bicyclic) bond motifs is 1. The zero-order valence-electron chi connectivity index (χ0n) is 19.7. The second-order valence-electron chi connectivity index (χ2n) is 9.43. The molecular formula is C24H30BN7O2. The Morgan fingerprint density at radius 3 is 2.68 bits per heavy atom. The van der Waals surface area contributed by atoms with E-state index in [9.17, 15) is 9.90 Å². The molecule has 3 heterocycles. The van der Waals surface area contributed by atoms with Crippen LogP contribution in [0.25, 0.3) is 11.2 Å². The van der Waals surface area contributed by atoms with Gasteiger partial charge in [-0.1, -0.05) is 23.7 Å². The molecule has 0 spiro atoms. The van der Waals surface area contributed by atoms with Crippen LogP contribution >= 0.6 is 0 Å². The third kappa shape index (κ3) is 4.46. The van der Waals surface area contributed by atoms with Crippen molar-refractivity contribution in [3.8, 4) is 0 Å². The van der Waals surface area contributed by atoms with Crippen molar-refractivity contribution in [2.45, 2.75) is 64.1 Å². The lowest BCUT2D eigenvalue weighted by molar-refractivity contribution is -0.127. The van der Waals surface area contributed by atoms with Crippen molar-refractivity contribution in [1.82, 2.24) is 24.4 Å². The van der Waals surface area contributed by atoms with E-state index in [1.807, 2.05) is 30.0 Å². The van der Waals surface area contributed by atoms with Gasteiger partial charge in [-0.2, -0.15) is 4.98 Å². The summed E-state index contributed by atoms with van der Waals surface area (Å²) in [7, 11) is 6.26. The van der Waals surface area contributed by atoms with E-state index in [1.54, 1.807) is 13.1 Å². The average Bonchev–Trinajstić information content (AvgIpc) is 3.42. The van der Waals surface area contributed by atoms with Gasteiger partial charge in [0.2, 0.25) is 17.8 Å². The number of nitrogens with one attached hydrogen (secondary N) is 2. The molecule has 2 aromatic heterocycles. The number of aliphatic hydroxyl groups excluding tert-OH is 1. The lowest BCUT2D eigenvalue weighted by atomic mass is 9.92. The first-order chi connectivity index (χ1) is 16.4. The number of carbonyl (C=O) groups excluding carboxylic acids is 1. The molecule has 2 radical (unpaired) electrons. The number of hydrogen-bond acceptors (Lipinski definition) is 7. The normalized spacial score (nSPS) is 22.8. The number of aromatic nitrogens is 4. The summed E-state index contributed by atoms with van der Waals surface area (Å²) in [5.74, 6) is 1.26. The fourth-order valence-corrected chi connectivity index (χ4v) is 5.01. The van der Waals surface area contributed by atoms with Crippen molar-refractivity contribution >= 4 is 48.0 Å². The predicted molar refractivity (Wildman–Crippen MR) is 133 cm³/mol. The van der Waals surface area contributed by atoms with Crippen LogP contribution in [0.2, 0.25) is 0 Å². The van der Waals surface area contributed by atoms with Crippen molar-refractivity contribution in [1.29, 1.82) is 0 Å². The number of imidazole rings is 1. The molecule has 1 amide bonds. The van der Waals surface area contributed by atoms with Crippen LogP contribution in [0.3, 0.4) is 0 Å². The van der Waals surface area contributed by atoms with Gasteiger partial charge in [-0.05, 0) is 44.6 Å². The van der Waals surface area contributed by atoms with Gasteiger partial charge in [-0.3, -0.25) is 9.36 Å². The summed E-state index contributed by atoms with van der Waals surface area (Å²) < 4.78 is 2.08. The molecule has 9 nitrogen and oxygen atoms in total. The molecule has 1 aliphatic heterocycles. The molecular weight excluding hydrogens is 429 g/mol. The van der Waals surface area contributed by atoms with Gasteiger partial charge < -0.3 is 20.6 Å². The van der Waals surface area contributed by atoms with Crippen molar-refractivity contribution in [3.05, 3.63) is 30.0 Å². The molecule has 1 saturated carbocycles.